The number of hydrogen-bond acceptors (Lipinski definition) is 3. The van der Waals surface area contributed by atoms with Gasteiger partial charge in [-0.2, -0.15) is 0 Å². The van der Waals surface area contributed by atoms with Crippen molar-refractivity contribution >= 4 is 16.5 Å². The van der Waals surface area contributed by atoms with Crippen LogP contribution in [0.25, 0.3) is 27.7 Å². The fraction of sp³-hybridized carbons (Fsp3) is 0. The maximum atomic E-state index is 5.87. The summed E-state index contributed by atoms with van der Waals surface area (Å²) in [6.45, 7) is 0. The van der Waals surface area contributed by atoms with Crippen molar-refractivity contribution in [2.24, 2.45) is 0 Å². The van der Waals surface area contributed by atoms with Crippen LogP contribution in [0, 0.1) is 0 Å². The van der Waals surface area contributed by atoms with Crippen LogP contribution in [0.1, 0.15) is 0 Å². The third-order valence-electron chi connectivity index (χ3n) is 3.71. The lowest BCUT2D eigenvalue weighted by Gasteiger charge is -2.08. The normalized spacial score (nSPS) is 10.9. The summed E-state index contributed by atoms with van der Waals surface area (Å²) in [5, 5.41) is 10.7. The van der Waals surface area contributed by atoms with E-state index in [0.717, 1.165) is 16.9 Å². The number of nitrogens with two attached hydrogens (primary N) is 1. The molecule has 0 fully saturated rings. The van der Waals surface area contributed by atoms with Crippen molar-refractivity contribution in [1.82, 2.24) is 15.0 Å². The van der Waals surface area contributed by atoms with E-state index in [-0.39, 0.29) is 0 Å². The molecule has 0 saturated carbocycles. The molecular formula is C18H14N4. The molecule has 0 unspecified atom stereocenters. The third kappa shape index (κ3) is 2.11. The molecular weight excluding hydrogens is 272 g/mol. The molecule has 4 aromatic rings. The molecule has 4 nitrogen and oxygen atoms in total. The number of nitrogens with zero attached hydrogens (tertiary/aromatic N) is 3. The minimum atomic E-state index is 0.706. The fourth-order valence-electron chi connectivity index (χ4n) is 2.63. The predicted molar refractivity (Wildman–Crippen MR) is 88.7 cm³/mol. The fourth-order valence-corrected chi connectivity index (χ4v) is 2.63. The number of rotatable bonds is 2. The maximum Gasteiger partial charge on any atom is 0.0944 e. The molecule has 4 rings (SSSR count). The first kappa shape index (κ1) is 12.6. The number of nitrogen functional groups attached to an aromatic ring is 1. The Bertz CT molecular complexity index is 956. The van der Waals surface area contributed by atoms with Crippen molar-refractivity contribution in [2.45, 2.75) is 0 Å². The van der Waals surface area contributed by atoms with E-state index < -0.39 is 0 Å². The van der Waals surface area contributed by atoms with Crippen LogP contribution in [0.5, 0.6) is 0 Å². The SMILES string of the molecule is Nc1cccc(-n2nncc2-c2ccc3ccccc3c2)c1. The highest BCUT2D eigenvalue weighted by Gasteiger charge is 2.09. The van der Waals surface area contributed by atoms with Gasteiger partial charge in [0.05, 0.1) is 17.6 Å². The monoisotopic (exact) mass is 286 g/mol. The van der Waals surface area contributed by atoms with Gasteiger partial charge in [-0.3, -0.25) is 0 Å². The summed E-state index contributed by atoms with van der Waals surface area (Å²) in [6, 6.07) is 22.3. The highest BCUT2D eigenvalue weighted by Crippen LogP contribution is 2.26. The predicted octanol–water partition coefficient (Wildman–Crippen LogP) is 3.67. The van der Waals surface area contributed by atoms with E-state index in [1.807, 2.05) is 36.4 Å². The van der Waals surface area contributed by atoms with Gasteiger partial charge in [-0.1, -0.05) is 47.7 Å². The first-order chi connectivity index (χ1) is 10.8. The average Bonchev–Trinajstić information content (AvgIpc) is 3.04. The molecule has 4 heteroatoms. The van der Waals surface area contributed by atoms with Crippen LogP contribution in [0.2, 0.25) is 0 Å². The van der Waals surface area contributed by atoms with Crippen molar-refractivity contribution in [3.8, 4) is 16.9 Å². The lowest BCUT2D eigenvalue weighted by atomic mass is 10.1. The third-order valence-corrected chi connectivity index (χ3v) is 3.71. The molecule has 0 saturated heterocycles. The molecule has 3 aromatic carbocycles. The van der Waals surface area contributed by atoms with Crippen molar-refractivity contribution in [1.29, 1.82) is 0 Å². The smallest absolute Gasteiger partial charge is 0.0944 e. The zero-order chi connectivity index (χ0) is 14.9. The second-order valence-corrected chi connectivity index (χ2v) is 5.19. The van der Waals surface area contributed by atoms with Gasteiger partial charge in [-0.05, 0) is 35.0 Å². The molecule has 0 spiro atoms. The van der Waals surface area contributed by atoms with Crippen LogP contribution < -0.4 is 5.73 Å². The van der Waals surface area contributed by atoms with E-state index in [9.17, 15) is 0 Å². The van der Waals surface area contributed by atoms with E-state index in [1.54, 1.807) is 10.9 Å². The molecule has 0 bridgehead atoms. The first-order valence-corrected chi connectivity index (χ1v) is 7.07. The largest absolute Gasteiger partial charge is 0.399 e. The standard InChI is InChI=1S/C18H14N4/c19-16-6-3-7-17(11-16)22-18(12-20-21-22)15-9-8-13-4-1-2-5-14(13)10-15/h1-12H,19H2. The highest BCUT2D eigenvalue weighted by atomic mass is 15.4. The summed E-state index contributed by atoms with van der Waals surface area (Å²) in [6.07, 6.45) is 1.77. The number of hydrogen-bond donors (Lipinski definition) is 1. The second kappa shape index (κ2) is 5.00. The number of anilines is 1. The summed E-state index contributed by atoms with van der Waals surface area (Å²) in [4.78, 5) is 0. The van der Waals surface area contributed by atoms with Crippen molar-refractivity contribution in [3.63, 3.8) is 0 Å². The zero-order valence-corrected chi connectivity index (χ0v) is 11.8. The second-order valence-electron chi connectivity index (χ2n) is 5.19. The molecule has 22 heavy (non-hydrogen) atoms. The van der Waals surface area contributed by atoms with Crippen molar-refractivity contribution in [2.75, 3.05) is 5.73 Å². The molecule has 0 amide bonds. The van der Waals surface area contributed by atoms with Gasteiger partial charge in [0.2, 0.25) is 0 Å². The lowest BCUT2D eigenvalue weighted by molar-refractivity contribution is 0.808. The summed E-state index contributed by atoms with van der Waals surface area (Å²) >= 11 is 0. The van der Waals surface area contributed by atoms with E-state index >= 15 is 0 Å². The van der Waals surface area contributed by atoms with Gasteiger partial charge in [0, 0.05) is 11.3 Å². The zero-order valence-electron chi connectivity index (χ0n) is 11.8. The lowest BCUT2D eigenvalue weighted by Crippen LogP contribution is -2.00. The summed E-state index contributed by atoms with van der Waals surface area (Å²) in [5.74, 6) is 0. The van der Waals surface area contributed by atoms with E-state index in [4.69, 9.17) is 5.73 Å². The molecule has 106 valence electrons. The van der Waals surface area contributed by atoms with Crippen LogP contribution in [-0.4, -0.2) is 15.0 Å². The number of benzene rings is 3. The molecule has 0 atom stereocenters. The Kier molecular flexibility index (Phi) is 2.86. The average molecular weight is 286 g/mol. The Morgan fingerprint density at radius 1 is 0.818 bits per heavy atom. The van der Waals surface area contributed by atoms with Crippen LogP contribution in [0.15, 0.2) is 72.9 Å². The van der Waals surface area contributed by atoms with Crippen LogP contribution in [0.4, 0.5) is 5.69 Å². The Morgan fingerprint density at radius 2 is 1.68 bits per heavy atom. The van der Waals surface area contributed by atoms with Crippen LogP contribution in [-0.2, 0) is 0 Å². The van der Waals surface area contributed by atoms with Gasteiger partial charge >= 0.3 is 0 Å². The first-order valence-electron chi connectivity index (χ1n) is 7.07. The van der Waals surface area contributed by atoms with Crippen molar-refractivity contribution in [3.05, 3.63) is 72.9 Å². The highest BCUT2D eigenvalue weighted by molar-refractivity contribution is 5.86. The molecule has 0 aliphatic carbocycles. The summed E-state index contributed by atoms with van der Waals surface area (Å²) in [7, 11) is 0. The maximum absolute atomic E-state index is 5.87. The van der Waals surface area contributed by atoms with Gasteiger partial charge in [0.15, 0.2) is 0 Å². The Hall–Kier alpha value is -3.14. The van der Waals surface area contributed by atoms with Crippen LogP contribution in [0.3, 0.4) is 0 Å². The van der Waals surface area contributed by atoms with E-state index in [2.05, 4.69) is 40.6 Å². The summed E-state index contributed by atoms with van der Waals surface area (Å²) in [5.41, 5.74) is 9.49. The number of fused-ring (bicyclic) bond motifs is 1. The minimum Gasteiger partial charge on any atom is -0.399 e. The summed E-state index contributed by atoms with van der Waals surface area (Å²) < 4.78 is 1.81. The minimum absolute atomic E-state index is 0.706. The van der Waals surface area contributed by atoms with Crippen LogP contribution >= 0.6 is 0 Å². The van der Waals surface area contributed by atoms with Gasteiger partial charge in [-0.15, -0.1) is 5.10 Å². The van der Waals surface area contributed by atoms with E-state index in [0.29, 0.717) is 5.69 Å². The quantitative estimate of drug-likeness (QED) is 0.572. The molecule has 0 aliphatic rings. The van der Waals surface area contributed by atoms with Crippen molar-refractivity contribution < 1.29 is 0 Å². The molecule has 1 heterocycles. The molecule has 2 N–H and O–H groups in total. The van der Waals surface area contributed by atoms with Gasteiger partial charge < -0.3 is 5.73 Å². The van der Waals surface area contributed by atoms with Gasteiger partial charge in [0.1, 0.15) is 0 Å². The molecule has 0 radical (unpaired) electrons. The van der Waals surface area contributed by atoms with E-state index in [1.165, 1.54) is 10.8 Å². The Labute approximate surface area is 127 Å². The Balaban J connectivity index is 1.87. The number of aromatic nitrogens is 3. The molecule has 1 aromatic heterocycles. The Morgan fingerprint density at radius 3 is 2.55 bits per heavy atom. The topological polar surface area (TPSA) is 56.7 Å². The van der Waals surface area contributed by atoms with Gasteiger partial charge in [-0.25, -0.2) is 4.68 Å². The molecule has 0 aliphatic heterocycles. The van der Waals surface area contributed by atoms with Gasteiger partial charge in [0.25, 0.3) is 0 Å².